The summed E-state index contributed by atoms with van der Waals surface area (Å²) < 4.78 is 13.4. The molecule has 1 aromatic carbocycles. The topological polar surface area (TPSA) is 88.2 Å². The molecule has 0 aliphatic carbocycles. The van der Waals surface area contributed by atoms with E-state index in [1.54, 1.807) is 0 Å². The lowest BCUT2D eigenvalue weighted by atomic mass is 10.2. The van der Waals surface area contributed by atoms with Crippen LogP contribution in [0.25, 0.3) is 0 Å². The summed E-state index contributed by atoms with van der Waals surface area (Å²) in [4.78, 5) is 14.9. The molecule has 0 bridgehead atoms. The third kappa shape index (κ3) is 3.00. The minimum Gasteiger partial charge on any atom is -0.478 e. The van der Waals surface area contributed by atoms with E-state index < -0.39 is 11.8 Å². The van der Waals surface area contributed by atoms with Gasteiger partial charge in [0.2, 0.25) is 0 Å². The van der Waals surface area contributed by atoms with Crippen molar-refractivity contribution in [3.8, 4) is 0 Å². The van der Waals surface area contributed by atoms with Gasteiger partial charge in [-0.05, 0) is 40.2 Å². The molecule has 0 saturated heterocycles. The highest BCUT2D eigenvalue weighted by molar-refractivity contribution is 9.10. The Morgan fingerprint density at radius 1 is 1.37 bits per heavy atom. The largest absolute Gasteiger partial charge is 0.478 e. The molecule has 7 heteroatoms. The van der Waals surface area contributed by atoms with Crippen LogP contribution >= 0.6 is 15.9 Å². The molecular formula is C12H9BrFN3O2. The first-order valence-corrected chi connectivity index (χ1v) is 5.97. The SMILES string of the molecule is Nc1cc(C(=O)O)c(Nc2ccc(F)cc2Br)cn1. The van der Waals surface area contributed by atoms with Crippen LogP contribution in [-0.4, -0.2) is 16.1 Å². The highest BCUT2D eigenvalue weighted by atomic mass is 79.9. The Kier molecular flexibility index (Phi) is 3.66. The fraction of sp³-hybridized carbons (Fsp3) is 0. The summed E-state index contributed by atoms with van der Waals surface area (Å²) in [7, 11) is 0. The van der Waals surface area contributed by atoms with Gasteiger partial charge in [-0.1, -0.05) is 0 Å². The number of aromatic carboxylic acids is 1. The maximum absolute atomic E-state index is 13.0. The molecule has 0 spiro atoms. The number of carboxylic acid groups (broad SMARTS) is 1. The number of aromatic nitrogens is 1. The Bertz CT molecular complexity index is 649. The molecule has 0 unspecified atom stereocenters. The second-order valence-corrected chi connectivity index (χ2v) is 4.56. The van der Waals surface area contributed by atoms with E-state index in [0.717, 1.165) is 0 Å². The Hall–Kier alpha value is -2.15. The van der Waals surface area contributed by atoms with Crippen molar-refractivity contribution < 1.29 is 14.3 Å². The van der Waals surface area contributed by atoms with E-state index in [-0.39, 0.29) is 17.1 Å². The van der Waals surface area contributed by atoms with Crippen molar-refractivity contribution in [2.75, 3.05) is 11.1 Å². The molecule has 0 fully saturated rings. The minimum atomic E-state index is -1.13. The first kappa shape index (κ1) is 13.3. The van der Waals surface area contributed by atoms with Gasteiger partial charge in [0.05, 0.1) is 23.1 Å². The number of pyridine rings is 1. The molecule has 0 atom stereocenters. The van der Waals surface area contributed by atoms with Crippen LogP contribution in [0.1, 0.15) is 10.4 Å². The fourth-order valence-electron chi connectivity index (χ4n) is 1.48. The molecule has 2 rings (SSSR count). The predicted octanol–water partition coefficient (Wildman–Crippen LogP) is 3.01. The Labute approximate surface area is 116 Å². The van der Waals surface area contributed by atoms with Gasteiger partial charge < -0.3 is 16.2 Å². The number of carboxylic acids is 1. The second kappa shape index (κ2) is 5.23. The molecule has 1 aromatic heterocycles. The highest BCUT2D eigenvalue weighted by Gasteiger charge is 2.12. The maximum Gasteiger partial charge on any atom is 0.338 e. The molecule has 0 saturated carbocycles. The summed E-state index contributed by atoms with van der Waals surface area (Å²) in [6.07, 6.45) is 1.31. The molecule has 19 heavy (non-hydrogen) atoms. The van der Waals surface area contributed by atoms with Crippen molar-refractivity contribution in [2.24, 2.45) is 0 Å². The lowest BCUT2D eigenvalue weighted by molar-refractivity contribution is 0.0698. The Morgan fingerprint density at radius 2 is 2.11 bits per heavy atom. The molecule has 0 amide bonds. The van der Waals surface area contributed by atoms with Crippen molar-refractivity contribution in [1.29, 1.82) is 0 Å². The summed E-state index contributed by atoms with van der Waals surface area (Å²) in [5, 5.41) is 12.0. The zero-order chi connectivity index (χ0) is 14.0. The van der Waals surface area contributed by atoms with E-state index in [2.05, 4.69) is 26.2 Å². The number of nitrogens with two attached hydrogens (primary N) is 1. The molecule has 1 heterocycles. The standard InChI is InChI=1S/C12H9BrFN3O2/c13-8-3-6(14)1-2-9(8)17-10-5-16-11(15)4-7(10)12(18)19/h1-5,17H,(H2,15,16)(H,18,19). The van der Waals surface area contributed by atoms with E-state index in [1.807, 2.05) is 0 Å². The van der Waals surface area contributed by atoms with Gasteiger partial charge in [-0.25, -0.2) is 14.2 Å². The van der Waals surface area contributed by atoms with Crippen LogP contribution in [0.2, 0.25) is 0 Å². The van der Waals surface area contributed by atoms with Gasteiger partial charge in [0.15, 0.2) is 0 Å². The molecular weight excluding hydrogens is 317 g/mol. The number of anilines is 3. The van der Waals surface area contributed by atoms with Crippen LogP contribution in [0.15, 0.2) is 34.9 Å². The van der Waals surface area contributed by atoms with E-state index in [0.29, 0.717) is 10.2 Å². The van der Waals surface area contributed by atoms with Gasteiger partial charge >= 0.3 is 5.97 Å². The molecule has 4 N–H and O–H groups in total. The zero-order valence-corrected chi connectivity index (χ0v) is 11.1. The average Bonchev–Trinajstić information content (AvgIpc) is 2.34. The van der Waals surface area contributed by atoms with Gasteiger partial charge in [0.25, 0.3) is 0 Å². The van der Waals surface area contributed by atoms with Gasteiger partial charge in [0.1, 0.15) is 11.6 Å². The summed E-state index contributed by atoms with van der Waals surface area (Å²) >= 11 is 3.19. The number of nitrogen functional groups attached to an aromatic ring is 1. The van der Waals surface area contributed by atoms with Crippen molar-refractivity contribution >= 4 is 39.1 Å². The van der Waals surface area contributed by atoms with E-state index in [4.69, 9.17) is 10.8 Å². The van der Waals surface area contributed by atoms with Gasteiger partial charge in [-0.3, -0.25) is 0 Å². The van der Waals surface area contributed by atoms with Crippen LogP contribution in [0.3, 0.4) is 0 Å². The Balaban J connectivity index is 2.40. The van der Waals surface area contributed by atoms with Crippen LogP contribution in [0.4, 0.5) is 21.6 Å². The van der Waals surface area contributed by atoms with Crippen molar-refractivity contribution in [3.05, 3.63) is 46.3 Å². The zero-order valence-electron chi connectivity index (χ0n) is 9.52. The summed E-state index contributed by atoms with van der Waals surface area (Å²) in [5.41, 5.74) is 6.23. The normalized spacial score (nSPS) is 10.2. The number of hydrogen-bond donors (Lipinski definition) is 3. The summed E-state index contributed by atoms with van der Waals surface area (Å²) in [5.74, 6) is -1.41. The number of benzene rings is 1. The third-order valence-corrected chi connectivity index (χ3v) is 3.01. The lowest BCUT2D eigenvalue weighted by Crippen LogP contribution is -2.05. The smallest absolute Gasteiger partial charge is 0.338 e. The number of halogens is 2. The third-order valence-electron chi connectivity index (χ3n) is 2.36. The van der Waals surface area contributed by atoms with E-state index >= 15 is 0 Å². The van der Waals surface area contributed by atoms with Crippen LogP contribution < -0.4 is 11.1 Å². The van der Waals surface area contributed by atoms with Gasteiger partial charge in [-0.2, -0.15) is 0 Å². The Morgan fingerprint density at radius 3 is 2.74 bits per heavy atom. The van der Waals surface area contributed by atoms with Crippen molar-refractivity contribution in [1.82, 2.24) is 4.98 Å². The number of nitrogens with zero attached hydrogens (tertiary/aromatic N) is 1. The van der Waals surface area contributed by atoms with Crippen molar-refractivity contribution in [2.45, 2.75) is 0 Å². The monoisotopic (exact) mass is 325 g/mol. The predicted molar refractivity (Wildman–Crippen MR) is 73.0 cm³/mol. The molecule has 0 aliphatic heterocycles. The van der Waals surface area contributed by atoms with E-state index in [1.165, 1.54) is 30.5 Å². The van der Waals surface area contributed by atoms with Crippen LogP contribution in [-0.2, 0) is 0 Å². The molecule has 2 aromatic rings. The van der Waals surface area contributed by atoms with Gasteiger partial charge in [0, 0.05) is 4.47 Å². The number of rotatable bonds is 3. The van der Waals surface area contributed by atoms with Gasteiger partial charge in [-0.15, -0.1) is 0 Å². The van der Waals surface area contributed by atoms with Crippen LogP contribution in [0.5, 0.6) is 0 Å². The number of hydrogen-bond acceptors (Lipinski definition) is 4. The number of carbonyl (C=O) groups is 1. The quantitative estimate of drug-likeness (QED) is 0.807. The lowest BCUT2D eigenvalue weighted by Gasteiger charge is -2.11. The molecule has 5 nitrogen and oxygen atoms in total. The second-order valence-electron chi connectivity index (χ2n) is 3.71. The highest BCUT2D eigenvalue weighted by Crippen LogP contribution is 2.28. The molecule has 0 radical (unpaired) electrons. The first-order chi connectivity index (χ1) is 8.97. The first-order valence-electron chi connectivity index (χ1n) is 5.18. The molecule has 0 aliphatic rings. The fourth-order valence-corrected chi connectivity index (χ4v) is 1.93. The average molecular weight is 326 g/mol. The van der Waals surface area contributed by atoms with Crippen molar-refractivity contribution in [3.63, 3.8) is 0 Å². The van der Waals surface area contributed by atoms with Crippen LogP contribution in [0, 0.1) is 5.82 Å². The summed E-state index contributed by atoms with van der Waals surface area (Å²) in [6.45, 7) is 0. The summed E-state index contributed by atoms with van der Waals surface area (Å²) in [6, 6.07) is 5.27. The molecule has 98 valence electrons. The van der Waals surface area contributed by atoms with E-state index in [9.17, 15) is 9.18 Å². The minimum absolute atomic E-state index is 0.0104. The number of nitrogens with one attached hydrogen (secondary N) is 1. The maximum atomic E-state index is 13.0.